The Balaban J connectivity index is 1.67. The van der Waals surface area contributed by atoms with Gasteiger partial charge in [0.2, 0.25) is 0 Å². The van der Waals surface area contributed by atoms with E-state index in [2.05, 4.69) is 11.4 Å². The predicted molar refractivity (Wildman–Crippen MR) is 80.9 cm³/mol. The highest BCUT2D eigenvalue weighted by Gasteiger charge is 2.22. The predicted octanol–water partition coefficient (Wildman–Crippen LogP) is 3.32. The Labute approximate surface area is 122 Å². The molecule has 1 N–H and O–H groups in total. The maximum atomic E-state index is 10.8. The fraction of sp³-hybridized carbons (Fsp3) is 0.250. The topological polar surface area (TPSA) is 64.4 Å². The SMILES string of the molecule is Cc1ccc([N+](=O)[O-])cc1NCC1Cc2ccccc2O1. The van der Waals surface area contributed by atoms with Gasteiger partial charge < -0.3 is 10.1 Å². The molecule has 21 heavy (non-hydrogen) atoms. The van der Waals surface area contributed by atoms with Crippen molar-refractivity contribution in [3.8, 4) is 5.75 Å². The van der Waals surface area contributed by atoms with Crippen LogP contribution in [0.2, 0.25) is 0 Å². The van der Waals surface area contributed by atoms with E-state index in [-0.39, 0.29) is 16.7 Å². The lowest BCUT2D eigenvalue weighted by atomic mass is 10.1. The molecule has 0 aliphatic carbocycles. The Kier molecular flexibility index (Phi) is 3.48. The molecular formula is C16H16N2O3. The number of hydrogen-bond acceptors (Lipinski definition) is 4. The van der Waals surface area contributed by atoms with Crippen molar-refractivity contribution in [1.82, 2.24) is 0 Å². The lowest BCUT2D eigenvalue weighted by Crippen LogP contribution is -2.24. The summed E-state index contributed by atoms with van der Waals surface area (Å²) >= 11 is 0. The van der Waals surface area contributed by atoms with Gasteiger partial charge in [-0.05, 0) is 24.1 Å². The summed E-state index contributed by atoms with van der Waals surface area (Å²) in [6.07, 6.45) is 0.915. The quantitative estimate of drug-likeness (QED) is 0.691. The van der Waals surface area contributed by atoms with E-state index >= 15 is 0 Å². The van der Waals surface area contributed by atoms with Gasteiger partial charge in [0.1, 0.15) is 11.9 Å². The Hall–Kier alpha value is -2.56. The van der Waals surface area contributed by atoms with E-state index in [0.717, 1.165) is 23.4 Å². The van der Waals surface area contributed by atoms with Gasteiger partial charge in [0.25, 0.3) is 5.69 Å². The molecule has 1 heterocycles. The van der Waals surface area contributed by atoms with Crippen molar-refractivity contribution in [1.29, 1.82) is 0 Å². The van der Waals surface area contributed by atoms with Gasteiger partial charge in [-0.3, -0.25) is 10.1 Å². The summed E-state index contributed by atoms with van der Waals surface area (Å²) in [7, 11) is 0. The molecule has 0 aromatic heterocycles. The molecule has 0 amide bonds. The fourth-order valence-electron chi connectivity index (χ4n) is 2.51. The summed E-state index contributed by atoms with van der Waals surface area (Å²) in [5.74, 6) is 0.931. The highest BCUT2D eigenvalue weighted by molar-refractivity contribution is 5.57. The van der Waals surface area contributed by atoms with Crippen molar-refractivity contribution < 1.29 is 9.66 Å². The molecule has 108 valence electrons. The Bertz CT molecular complexity index is 660. The molecule has 0 fully saturated rings. The summed E-state index contributed by atoms with van der Waals surface area (Å²) in [4.78, 5) is 10.4. The molecular weight excluding hydrogens is 268 g/mol. The molecule has 2 aromatic carbocycles. The van der Waals surface area contributed by atoms with Crippen LogP contribution in [0.4, 0.5) is 11.4 Å². The lowest BCUT2D eigenvalue weighted by Gasteiger charge is -2.14. The third kappa shape index (κ3) is 2.81. The number of para-hydroxylation sites is 1. The number of aryl methyl sites for hydroxylation is 1. The number of ether oxygens (including phenoxy) is 1. The van der Waals surface area contributed by atoms with Crippen molar-refractivity contribution in [3.63, 3.8) is 0 Å². The molecule has 1 aliphatic heterocycles. The summed E-state index contributed by atoms with van der Waals surface area (Å²) in [5.41, 5.74) is 3.07. The lowest BCUT2D eigenvalue weighted by molar-refractivity contribution is -0.384. The minimum Gasteiger partial charge on any atom is -0.488 e. The highest BCUT2D eigenvalue weighted by atomic mass is 16.6. The van der Waals surface area contributed by atoms with Crippen LogP contribution in [0.25, 0.3) is 0 Å². The van der Waals surface area contributed by atoms with Crippen LogP contribution in [0.5, 0.6) is 5.75 Å². The van der Waals surface area contributed by atoms with Crippen LogP contribution in [0, 0.1) is 17.0 Å². The van der Waals surface area contributed by atoms with Crippen LogP contribution in [-0.4, -0.2) is 17.6 Å². The molecule has 5 nitrogen and oxygen atoms in total. The van der Waals surface area contributed by atoms with Gasteiger partial charge in [0.15, 0.2) is 0 Å². The molecule has 0 saturated heterocycles. The second-order valence-corrected chi connectivity index (χ2v) is 5.19. The minimum atomic E-state index is -0.382. The third-order valence-electron chi connectivity index (χ3n) is 3.67. The number of benzene rings is 2. The number of fused-ring (bicyclic) bond motifs is 1. The highest BCUT2D eigenvalue weighted by Crippen LogP contribution is 2.29. The van der Waals surface area contributed by atoms with Crippen molar-refractivity contribution in [2.24, 2.45) is 0 Å². The van der Waals surface area contributed by atoms with Gasteiger partial charge in [-0.25, -0.2) is 0 Å². The molecule has 0 spiro atoms. The maximum Gasteiger partial charge on any atom is 0.271 e. The summed E-state index contributed by atoms with van der Waals surface area (Å²) in [5, 5.41) is 14.1. The normalized spacial score (nSPS) is 16.1. The molecule has 0 radical (unpaired) electrons. The van der Waals surface area contributed by atoms with Gasteiger partial charge in [-0.1, -0.05) is 24.3 Å². The van der Waals surface area contributed by atoms with E-state index in [0.29, 0.717) is 6.54 Å². The Morgan fingerprint density at radius 3 is 2.90 bits per heavy atom. The van der Waals surface area contributed by atoms with Crippen LogP contribution in [0.15, 0.2) is 42.5 Å². The smallest absolute Gasteiger partial charge is 0.271 e. The summed E-state index contributed by atoms with van der Waals surface area (Å²) in [6, 6.07) is 12.8. The van der Waals surface area contributed by atoms with Gasteiger partial charge in [-0.2, -0.15) is 0 Å². The first kappa shape index (κ1) is 13.4. The van der Waals surface area contributed by atoms with Crippen LogP contribution in [0.1, 0.15) is 11.1 Å². The van der Waals surface area contributed by atoms with E-state index in [1.165, 1.54) is 11.6 Å². The zero-order valence-electron chi connectivity index (χ0n) is 11.7. The molecule has 2 aromatic rings. The largest absolute Gasteiger partial charge is 0.488 e. The second-order valence-electron chi connectivity index (χ2n) is 5.19. The first-order valence-electron chi connectivity index (χ1n) is 6.87. The number of hydrogen-bond donors (Lipinski definition) is 1. The molecule has 3 rings (SSSR count). The summed E-state index contributed by atoms with van der Waals surface area (Å²) < 4.78 is 5.85. The van der Waals surface area contributed by atoms with Crippen molar-refractivity contribution in [2.45, 2.75) is 19.4 Å². The second kappa shape index (κ2) is 5.44. The van der Waals surface area contributed by atoms with E-state index < -0.39 is 0 Å². The average Bonchev–Trinajstić information content (AvgIpc) is 2.89. The van der Waals surface area contributed by atoms with Crippen LogP contribution < -0.4 is 10.1 Å². The number of nitrogens with one attached hydrogen (secondary N) is 1. The molecule has 1 atom stereocenters. The molecule has 1 unspecified atom stereocenters. The summed E-state index contributed by atoms with van der Waals surface area (Å²) in [6.45, 7) is 2.55. The van der Waals surface area contributed by atoms with Gasteiger partial charge in [0, 0.05) is 24.2 Å². The first-order chi connectivity index (χ1) is 10.1. The van der Waals surface area contributed by atoms with Gasteiger partial charge in [-0.15, -0.1) is 0 Å². The fourth-order valence-corrected chi connectivity index (χ4v) is 2.51. The van der Waals surface area contributed by atoms with E-state index in [9.17, 15) is 10.1 Å². The number of non-ortho nitro benzene ring substituents is 1. The van der Waals surface area contributed by atoms with E-state index in [1.54, 1.807) is 12.1 Å². The molecule has 5 heteroatoms. The first-order valence-corrected chi connectivity index (χ1v) is 6.87. The average molecular weight is 284 g/mol. The van der Waals surface area contributed by atoms with Gasteiger partial charge in [0.05, 0.1) is 11.5 Å². The molecule has 0 bridgehead atoms. The van der Waals surface area contributed by atoms with E-state index in [4.69, 9.17) is 4.74 Å². The molecule has 0 saturated carbocycles. The Morgan fingerprint density at radius 2 is 2.14 bits per heavy atom. The number of anilines is 1. The van der Waals surface area contributed by atoms with Crippen molar-refractivity contribution in [2.75, 3.05) is 11.9 Å². The number of nitro groups is 1. The van der Waals surface area contributed by atoms with Gasteiger partial charge >= 0.3 is 0 Å². The minimum absolute atomic E-state index is 0.0565. The monoisotopic (exact) mass is 284 g/mol. The van der Waals surface area contributed by atoms with Crippen LogP contribution in [-0.2, 0) is 6.42 Å². The third-order valence-corrected chi connectivity index (χ3v) is 3.67. The number of nitrogens with zero attached hydrogens (tertiary/aromatic N) is 1. The standard InChI is InChI=1S/C16H16N2O3/c1-11-6-7-13(18(19)20)9-15(11)17-10-14-8-12-4-2-3-5-16(12)21-14/h2-7,9,14,17H,8,10H2,1H3. The van der Waals surface area contributed by atoms with Crippen LogP contribution in [0.3, 0.4) is 0 Å². The van der Waals surface area contributed by atoms with Crippen molar-refractivity contribution in [3.05, 3.63) is 63.7 Å². The zero-order valence-corrected chi connectivity index (χ0v) is 11.7. The van der Waals surface area contributed by atoms with Crippen molar-refractivity contribution >= 4 is 11.4 Å². The van der Waals surface area contributed by atoms with E-state index in [1.807, 2.05) is 25.1 Å². The zero-order chi connectivity index (χ0) is 14.8. The Morgan fingerprint density at radius 1 is 1.33 bits per heavy atom. The number of nitro benzene ring substituents is 1. The van der Waals surface area contributed by atoms with Crippen LogP contribution >= 0.6 is 0 Å². The maximum absolute atomic E-state index is 10.8. The molecule has 1 aliphatic rings. The number of rotatable bonds is 4.